The zero-order chi connectivity index (χ0) is 8.93. The summed E-state index contributed by atoms with van der Waals surface area (Å²) in [7, 11) is 0. The summed E-state index contributed by atoms with van der Waals surface area (Å²) < 4.78 is 0. The lowest BCUT2D eigenvalue weighted by atomic mass is 10.1. The summed E-state index contributed by atoms with van der Waals surface area (Å²) in [5.74, 6) is 1.08. The van der Waals surface area contributed by atoms with Crippen LogP contribution in [0.4, 0.5) is 0 Å². The average Bonchev–Trinajstić information content (AvgIpc) is 2.21. The van der Waals surface area contributed by atoms with Gasteiger partial charge in [0.15, 0.2) is 0 Å². The summed E-state index contributed by atoms with van der Waals surface area (Å²) in [6.45, 7) is 2.27. The van der Waals surface area contributed by atoms with Gasteiger partial charge in [-0.05, 0) is 44.8 Å². The summed E-state index contributed by atoms with van der Waals surface area (Å²) in [6.07, 6.45) is 8.86. The van der Waals surface area contributed by atoms with Crippen LogP contribution in [0.5, 0.6) is 0 Å². The maximum absolute atomic E-state index is 4.33. The first-order valence-electron chi connectivity index (χ1n) is 5.15. The largest absolute Gasteiger partial charge is 0.368 e. The molecule has 3 nitrogen and oxygen atoms in total. The van der Waals surface area contributed by atoms with E-state index < -0.39 is 0 Å². The van der Waals surface area contributed by atoms with E-state index in [1.54, 1.807) is 0 Å². The number of hydrogen-bond donors (Lipinski definition) is 2. The Morgan fingerprint density at radius 1 is 1.31 bits per heavy atom. The second-order valence-corrected chi connectivity index (χ2v) is 3.65. The van der Waals surface area contributed by atoms with Gasteiger partial charge in [-0.2, -0.15) is 0 Å². The number of allylic oxidation sites excluding steroid dienone is 1. The highest BCUT2D eigenvalue weighted by Crippen LogP contribution is 2.08. The molecule has 0 amide bonds. The fourth-order valence-corrected chi connectivity index (χ4v) is 1.78. The van der Waals surface area contributed by atoms with E-state index >= 15 is 0 Å². The Bertz CT molecular complexity index is 214. The van der Waals surface area contributed by atoms with E-state index in [0.29, 0.717) is 6.04 Å². The molecule has 0 saturated carbocycles. The third-order valence-electron chi connectivity index (χ3n) is 2.55. The minimum absolute atomic E-state index is 0.628. The highest BCUT2D eigenvalue weighted by Gasteiger charge is 2.13. The maximum atomic E-state index is 4.33. The predicted octanol–water partition coefficient (Wildman–Crippen LogP) is 1.03. The van der Waals surface area contributed by atoms with Crippen molar-refractivity contribution in [3.05, 3.63) is 11.9 Å². The Kier molecular flexibility index (Phi) is 2.98. The first-order valence-corrected chi connectivity index (χ1v) is 5.15. The van der Waals surface area contributed by atoms with E-state index in [1.165, 1.54) is 12.8 Å². The van der Waals surface area contributed by atoms with Gasteiger partial charge in [-0.1, -0.05) is 0 Å². The molecule has 1 saturated heterocycles. The number of hydrogen-bond acceptors (Lipinski definition) is 3. The van der Waals surface area contributed by atoms with Gasteiger partial charge in [0.2, 0.25) is 0 Å². The van der Waals surface area contributed by atoms with Crippen LogP contribution in [-0.4, -0.2) is 25.3 Å². The van der Waals surface area contributed by atoms with E-state index in [-0.39, 0.29) is 0 Å². The molecule has 2 N–H and O–H groups in total. The van der Waals surface area contributed by atoms with E-state index in [4.69, 9.17) is 0 Å². The molecule has 0 aromatic heterocycles. The zero-order valence-electron chi connectivity index (χ0n) is 7.92. The molecule has 3 heteroatoms. The lowest BCUT2D eigenvalue weighted by molar-refractivity contribution is 0.410. The van der Waals surface area contributed by atoms with Gasteiger partial charge < -0.3 is 10.6 Å². The smallest absolute Gasteiger partial charge is 0.121 e. The van der Waals surface area contributed by atoms with Crippen molar-refractivity contribution in [3.8, 4) is 0 Å². The molecule has 0 aliphatic carbocycles. The van der Waals surface area contributed by atoms with Gasteiger partial charge in [-0.25, -0.2) is 4.99 Å². The quantitative estimate of drug-likeness (QED) is 0.664. The Morgan fingerprint density at radius 3 is 2.85 bits per heavy atom. The van der Waals surface area contributed by atoms with Gasteiger partial charge in [-0.15, -0.1) is 0 Å². The highest BCUT2D eigenvalue weighted by molar-refractivity contribution is 5.60. The summed E-state index contributed by atoms with van der Waals surface area (Å²) in [5.41, 5.74) is 0. The summed E-state index contributed by atoms with van der Waals surface area (Å²) >= 11 is 0. The third-order valence-corrected chi connectivity index (χ3v) is 2.55. The predicted molar refractivity (Wildman–Crippen MR) is 54.8 cm³/mol. The highest BCUT2D eigenvalue weighted by atomic mass is 15.1. The zero-order valence-corrected chi connectivity index (χ0v) is 7.92. The van der Waals surface area contributed by atoms with Crippen LogP contribution < -0.4 is 10.6 Å². The fourth-order valence-electron chi connectivity index (χ4n) is 1.78. The average molecular weight is 179 g/mol. The molecule has 0 radical (unpaired) electrons. The van der Waals surface area contributed by atoms with Crippen LogP contribution >= 0.6 is 0 Å². The Balaban J connectivity index is 1.82. The normalized spacial score (nSPS) is 24.2. The minimum Gasteiger partial charge on any atom is -0.368 e. The van der Waals surface area contributed by atoms with Crippen LogP contribution in [0, 0.1) is 0 Å². The van der Waals surface area contributed by atoms with Gasteiger partial charge in [0.1, 0.15) is 5.82 Å². The van der Waals surface area contributed by atoms with Gasteiger partial charge in [0.25, 0.3) is 0 Å². The Morgan fingerprint density at radius 2 is 2.15 bits per heavy atom. The molecule has 0 atom stereocenters. The SMILES string of the molecule is C1=NC(NC2CCNCC2)=CCC1. The number of aliphatic imine (C=N–C) groups is 1. The van der Waals surface area contributed by atoms with E-state index in [2.05, 4.69) is 21.7 Å². The van der Waals surface area contributed by atoms with Crippen molar-refractivity contribution in [2.24, 2.45) is 4.99 Å². The maximum Gasteiger partial charge on any atom is 0.121 e. The molecule has 72 valence electrons. The summed E-state index contributed by atoms with van der Waals surface area (Å²) in [6, 6.07) is 0.628. The summed E-state index contributed by atoms with van der Waals surface area (Å²) in [4.78, 5) is 4.33. The van der Waals surface area contributed by atoms with E-state index in [1.807, 2.05) is 6.21 Å². The molecular weight excluding hydrogens is 162 g/mol. The van der Waals surface area contributed by atoms with Crippen molar-refractivity contribution in [2.45, 2.75) is 31.7 Å². The van der Waals surface area contributed by atoms with Crippen LogP contribution in [-0.2, 0) is 0 Å². The molecule has 2 aliphatic rings. The van der Waals surface area contributed by atoms with Gasteiger partial charge in [-0.3, -0.25) is 0 Å². The second kappa shape index (κ2) is 4.42. The summed E-state index contributed by atoms with van der Waals surface area (Å²) in [5, 5.41) is 6.84. The molecule has 1 fully saturated rings. The molecule has 0 aromatic rings. The van der Waals surface area contributed by atoms with Gasteiger partial charge >= 0.3 is 0 Å². The minimum atomic E-state index is 0.628. The Hall–Kier alpha value is -0.830. The van der Waals surface area contributed by atoms with Crippen LogP contribution in [0.25, 0.3) is 0 Å². The standard InChI is InChI=1S/C10H17N3/c1-2-6-12-10(3-1)13-9-4-7-11-8-5-9/h3,6,9,11,13H,1-2,4-5,7-8H2. The van der Waals surface area contributed by atoms with Crippen LogP contribution in [0.2, 0.25) is 0 Å². The fraction of sp³-hybridized carbons (Fsp3) is 0.700. The monoisotopic (exact) mass is 179 g/mol. The molecule has 2 aliphatic heterocycles. The van der Waals surface area contributed by atoms with Gasteiger partial charge in [0.05, 0.1) is 0 Å². The molecule has 0 bridgehead atoms. The first kappa shape index (κ1) is 8.75. The van der Waals surface area contributed by atoms with Crippen molar-refractivity contribution >= 4 is 6.21 Å². The van der Waals surface area contributed by atoms with Crippen LogP contribution in [0.3, 0.4) is 0 Å². The van der Waals surface area contributed by atoms with E-state index in [0.717, 1.165) is 31.8 Å². The van der Waals surface area contributed by atoms with Crippen molar-refractivity contribution in [1.29, 1.82) is 0 Å². The number of rotatable bonds is 2. The second-order valence-electron chi connectivity index (χ2n) is 3.65. The first-order chi connectivity index (χ1) is 6.45. The number of nitrogens with one attached hydrogen (secondary N) is 2. The van der Waals surface area contributed by atoms with Gasteiger partial charge in [0, 0.05) is 12.3 Å². The number of piperidine rings is 1. The molecule has 2 heterocycles. The molecule has 0 aromatic carbocycles. The molecule has 2 rings (SSSR count). The molecular formula is C10H17N3. The molecule has 0 unspecified atom stereocenters. The Labute approximate surface area is 79.3 Å². The van der Waals surface area contributed by atoms with Crippen molar-refractivity contribution in [1.82, 2.24) is 10.6 Å². The molecule has 0 spiro atoms. The van der Waals surface area contributed by atoms with Crippen LogP contribution in [0.1, 0.15) is 25.7 Å². The van der Waals surface area contributed by atoms with Crippen molar-refractivity contribution < 1.29 is 0 Å². The van der Waals surface area contributed by atoms with Crippen molar-refractivity contribution in [3.63, 3.8) is 0 Å². The van der Waals surface area contributed by atoms with E-state index in [9.17, 15) is 0 Å². The van der Waals surface area contributed by atoms with Crippen molar-refractivity contribution in [2.75, 3.05) is 13.1 Å². The number of nitrogens with zero attached hydrogens (tertiary/aromatic N) is 1. The topological polar surface area (TPSA) is 36.4 Å². The lowest BCUT2D eigenvalue weighted by Gasteiger charge is -2.25. The molecule has 13 heavy (non-hydrogen) atoms. The van der Waals surface area contributed by atoms with Crippen LogP contribution in [0.15, 0.2) is 16.9 Å². The lowest BCUT2D eigenvalue weighted by Crippen LogP contribution is -2.39. The third kappa shape index (κ3) is 2.56.